The van der Waals surface area contributed by atoms with Crippen LogP contribution in [0.4, 0.5) is 0 Å². The van der Waals surface area contributed by atoms with Gasteiger partial charge in [-0.2, -0.15) is 5.26 Å². The van der Waals surface area contributed by atoms with E-state index < -0.39 is 0 Å². The molecule has 2 atom stereocenters. The standard InChI is InChI=1S/C15H18N4O/c1-2-11-13-12(9-6-4-3-5-7-9)10(8-16)14(17)20-15(13)19-18-11/h4,6,9,12H,2-3,5,7,17H2,1H3,(H,18,19)/t9-,12+/m0/s1. The van der Waals surface area contributed by atoms with E-state index in [1.807, 2.05) is 0 Å². The average molecular weight is 270 g/mol. The second-order valence-electron chi connectivity index (χ2n) is 5.27. The van der Waals surface area contributed by atoms with Gasteiger partial charge in [0.25, 0.3) is 0 Å². The number of aromatic nitrogens is 2. The number of allylic oxidation sites excluding steroid dienone is 3. The van der Waals surface area contributed by atoms with Gasteiger partial charge in [0, 0.05) is 17.2 Å². The zero-order valence-electron chi connectivity index (χ0n) is 11.5. The molecule has 0 radical (unpaired) electrons. The lowest BCUT2D eigenvalue weighted by Crippen LogP contribution is -2.25. The number of hydrogen-bond acceptors (Lipinski definition) is 4. The predicted octanol–water partition coefficient (Wildman–Crippen LogP) is 2.50. The fourth-order valence-corrected chi connectivity index (χ4v) is 3.16. The van der Waals surface area contributed by atoms with Gasteiger partial charge in [0.15, 0.2) is 0 Å². The van der Waals surface area contributed by atoms with E-state index >= 15 is 0 Å². The molecular weight excluding hydrogens is 252 g/mol. The summed E-state index contributed by atoms with van der Waals surface area (Å²) in [6.07, 6.45) is 8.55. The molecule has 1 aromatic heterocycles. The molecule has 3 N–H and O–H groups in total. The van der Waals surface area contributed by atoms with Crippen molar-refractivity contribution in [1.29, 1.82) is 5.26 Å². The number of hydrogen-bond donors (Lipinski definition) is 2. The van der Waals surface area contributed by atoms with Gasteiger partial charge in [0.2, 0.25) is 11.8 Å². The van der Waals surface area contributed by atoms with Gasteiger partial charge in [-0.05, 0) is 31.6 Å². The number of aryl methyl sites for hydroxylation is 1. The van der Waals surface area contributed by atoms with Crippen molar-refractivity contribution in [3.8, 4) is 11.9 Å². The molecule has 1 aromatic rings. The lowest BCUT2D eigenvalue weighted by atomic mass is 9.75. The van der Waals surface area contributed by atoms with Crippen LogP contribution in [0.3, 0.4) is 0 Å². The molecule has 1 aliphatic carbocycles. The zero-order valence-corrected chi connectivity index (χ0v) is 11.5. The number of nitrogens with one attached hydrogen (secondary N) is 1. The fourth-order valence-electron chi connectivity index (χ4n) is 3.16. The fraction of sp³-hybridized carbons (Fsp3) is 0.467. The highest BCUT2D eigenvalue weighted by molar-refractivity contribution is 5.50. The van der Waals surface area contributed by atoms with Crippen LogP contribution in [0.25, 0.3) is 0 Å². The van der Waals surface area contributed by atoms with Crippen molar-refractivity contribution in [1.82, 2.24) is 10.2 Å². The zero-order chi connectivity index (χ0) is 14.1. The summed E-state index contributed by atoms with van der Waals surface area (Å²) < 4.78 is 5.51. The van der Waals surface area contributed by atoms with Crippen LogP contribution in [-0.4, -0.2) is 10.2 Å². The SMILES string of the molecule is CCc1[nH]nc2c1[C@H]([C@H]1C=CCCC1)C(C#N)=C(N)O2. The molecule has 0 fully saturated rings. The molecule has 0 aromatic carbocycles. The largest absolute Gasteiger partial charge is 0.420 e. The van der Waals surface area contributed by atoms with Crippen LogP contribution >= 0.6 is 0 Å². The maximum atomic E-state index is 9.47. The molecule has 0 saturated heterocycles. The number of aromatic amines is 1. The molecular formula is C15H18N4O. The van der Waals surface area contributed by atoms with Crippen molar-refractivity contribution in [2.75, 3.05) is 0 Å². The van der Waals surface area contributed by atoms with Crippen LogP contribution < -0.4 is 10.5 Å². The van der Waals surface area contributed by atoms with Gasteiger partial charge in [-0.3, -0.25) is 5.10 Å². The highest BCUT2D eigenvalue weighted by Gasteiger charge is 2.37. The first-order valence-corrected chi connectivity index (χ1v) is 7.07. The van der Waals surface area contributed by atoms with Gasteiger partial charge >= 0.3 is 0 Å². The van der Waals surface area contributed by atoms with Crippen LogP contribution in [-0.2, 0) is 6.42 Å². The first kappa shape index (κ1) is 12.8. The summed E-state index contributed by atoms with van der Waals surface area (Å²) in [6.45, 7) is 2.06. The quantitative estimate of drug-likeness (QED) is 0.808. The third-order valence-corrected chi connectivity index (χ3v) is 4.14. The Morgan fingerprint density at radius 2 is 2.45 bits per heavy atom. The molecule has 2 aliphatic rings. The second kappa shape index (κ2) is 5.04. The summed E-state index contributed by atoms with van der Waals surface area (Å²) in [6, 6.07) is 2.24. The maximum absolute atomic E-state index is 9.47. The van der Waals surface area contributed by atoms with Crippen molar-refractivity contribution < 1.29 is 4.74 Å². The Morgan fingerprint density at radius 3 is 3.10 bits per heavy atom. The summed E-state index contributed by atoms with van der Waals surface area (Å²) >= 11 is 0. The number of ether oxygens (including phenoxy) is 1. The first-order valence-electron chi connectivity index (χ1n) is 7.07. The molecule has 0 amide bonds. The molecule has 0 unspecified atom stereocenters. The Kier molecular flexibility index (Phi) is 3.23. The van der Waals surface area contributed by atoms with Gasteiger partial charge in [-0.1, -0.05) is 19.1 Å². The number of nitrogens with two attached hydrogens (primary N) is 1. The molecule has 1 aliphatic heterocycles. The lowest BCUT2D eigenvalue weighted by Gasteiger charge is -2.30. The van der Waals surface area contributed by atoms with Gasteiger partial charge in [0.05, 0.1) is 5.57 Å². The molecule has 5 nitrogen and oxygen atoms in total. The van der Waals surface area contributed by atoms with Crippen LogP contribution in [0.1, 0.15) is 43.4 Å². The molecule has 104 valence electrons. The summed E-state index contributed by atoms with van der Waals surface area (Å²) in [7, 11) is 0. The normalized spacial score (nSPS) is 25.0. The number of rotatable bonds is 2. The van der Waals surface area contributed by atoms with E-state index in [0.717, 1.165) is 36.9 Å². The van der Waals surface area contributed by atoms with E-state index in [1.54, 1.807) is 0 Å². The molecule has 2 heterocycles. The number of H-pyrrole nitrogens is 1. The van der Waals surface area contributed by atoms with Gasteiger partial charge in [-0.15, -0.1) is 5.10 Å². The third kappa shape index (κ3) is 1.88. The minimum atomic E-state index is -0.0333. The summed E-state index contributed by atoms with van der Waals surface area (Å²) in [4.78, 5) is 0. The van der Waals surface area contributed by atoms with E-state index in [2.05, 4.69) is 35.3 Å². The van der Waals surface area contributed by atoms with E-state index in [1.165, 1.54) is 0 Å². The highest BCUT2D eigenvalue weighted by atomic mass is 16.5. The Labute approximate surface area is 118 Å². The van der Waals surface area contributed by atoms with Crippen molar-refractivity contribution in [3.63, 3.8) is 0 Å². The molecule has 20 heavy (non-hydrogen) atoms. The van der Waals surface area contributed by atoms with E-state index in [9.17, 15) is 5.26 Å². The van der Waals surface area contributed by atoms with Gasteiger partial charge in [0.1, 0.15) is 6.07 Å². The predicted molar refractivity (Wildman–Crippen MR) is 74.6 cm³/mol. The average Bonchev–Trinajstić information content (AvgIpc) is 2.89. The molecule has 0 spiro atoms. The Hall–Kier alpha value is -2.22. The van der Waals surface area contributed by atoms with E-state index in [4.69, 9.17) is 10.5 Å². The molecule has 0 saturated carbocycles. The number of nitrogens with zero attached hydrogens (tertiary/aromatic N) is 2. The van der Waals surface area contributed by atoms with Crippen LogP contribution in [0.2, 0.25) is 0 Å². The lowest BCUT2D eigenvalue weighted by molar-refractivity contribution is 0.354. The minimum absolute atomic E-state index is 0.0333. The molecule has 3 rings (SSSR count). The van der Waals surface area contributed by atoms with E-state index in [0.29, 0.717) is 17.4 Å². The Morgan fingerprint density at radius 1 is 1.60 bits per heavy atom. The summed E-state index contributed by atoms with van der Waals surface area (Å²) in [5.41, 5.74) is 8.48. The second-order valence-corrected chi connectivity index (χ2v) is 5.27. The van der Waals surface area contributed by atoms with Crippen molar-refractivity contribution in [2.45, 2.75) is 38.5 Å². The van der Waals surface area contributed by atoms with Crippen molar-refractivity contribution in [2.24, 2.45) is 11.7 Å². The molecule has 5 heteroatoms. The van der Waals surface area contributed by atoms with Crippen molar-refractivity contribution >= 4 is 0 Å². The number of nitriles is 1. The minimum Gasteiger partial charge on any atom is -0.420 e. The maximum Gasteiger partial charge on any atom is 0.243 e. The van der Waals surface area contributed by atoms with Crippen LogP contribution in [0, 0.1) is 17.2 Å². The summed E-state index contributed by atoms with van der Waals surface area (Å²) in [5.74, 6) is 0.983. The van der Waals surface area contributed by atoms with Gasteiger partial charge < -0.3 is 10.5 Å². The van der Waals surface area contributed by atoms with Crippen molar-refractivity contribution in [3.05, 3.63) is 34.9 Å². The van der Waals surface area contributed by atoms with Crippen LogP contribution in [0.15, 0.2) is 23.6 Å². The topological polar surface area (TPSA) is 87.7 Å². The smallest absolute Gasteiger partial charge is 0.243 e. The van der Waals surface area contributed by atoms with Crippen LogP contribution in [0.5, 0.6) is 5.88 Å². The first-order chi connectivity index (χ1) is 9.76. The monoisotopic (exact) mass is 270 g/mol. The molecule has 0 bridgehead atoms. The van der Waals surface area contributed by atoms with E-state index in [-0.39, 0.29) is 11.8 Å². The van der Waals surface area contributed by atoms with Gasteiger partial charge in [-0.25, -0.2) is 0 Å². The Balaban J connectivity index is 2.12. The number of fused-ring (bicyclic) bond motifs is 1. The Bertz CT molecular complexity index is 620. The summed E-state index contributed by atoms with van der Waals surface area (Å²) in [5, 5.41) is 16.7. The highest BCUT2D eigenvalue weighted by Crippen LogP contribution is 2.45. The third-order valence-electron chi connectivity index (χ3n) is 4.14.